The van der Waals surface area contributed by atoms with Gasteiger partial charge in [-0.25, -0.2) is 0 Å². The third kappa shape index (κ3) is 4.56. The first kappa shape index (κ1) is 18.2. The minimum Gasteiger partial charge on any atom is -0.326 e. The molecule has 0 aliphatic rings. The Hall–Kier alpha value is -3.18. The molecular weight excluding hydrogens is 366 g/mol. The van der Waals surface area contributed by atoms with Crippen LogP contribution >= 0.6 is 11.8 Å². The molecule has 2 aromatic carbocycles. The number of thioether (sulfide) groups is 1. The second-order valence-corrected chi connectivity index (χ2v) is 7.44. The summed E-state index contributed by atoms with van der Waals surface area (Å²) >= 11 is 1.74. The van der Waals surface area contributed by atoms with Crippen molar-refractivity contribution in [3.63, 3.8) is 0 Å². The topological polar surface area (TPSA) is 54.9 Å². The van der Waals surface area contributed by atoms with Crippen molar-refractivity contribution in [1.29, 1.82) is 0 Å². The summed E-state index contributed by atoms with van der Waals surface area (Å²) in [6.45, 7) is 0. The lowest BCUT2D eigenvalue weighted by Crippen LogP contribution is -2.14. The highest BCUT2D eigenvalue weighted by atomic mass is 32.2. The number of pyridine rings is 2. The van der Waals surface area contributed by atoms with Crippen molar-refractivity contribution < 1.29 is 4.79 Å². The summed E-state index contributed by atoms with van der Waals surface area (Å²) in [6, 6.07) is 21.8. The fourth-order valence-electron chi connectivity index (χ4n) is 2.97. The number of nitrogens with one attached hydrogen (secondary N) is 1. The molecule has 0 unspecified atom stereocenters. The summed E-state index contributed by atoms with van der Waals surface area (Å²) in [7, 11) is 0. The average molecular weight is 385 g/mol. The lowest BCUT2D eigenvalue weighted by Gasteiger charge is -2.08. The smallest absolute Gasteiger partial charge is 0.228 e. The number of carbonyl (C=O) groups is 1. The molecule has 0 atom stereocenters. The second kappa shape index (κ2) is 8.67. The molecule has 1 N–H and O–H groups in total. The maximum atomic E-state index is 12.5. The minimum atomic E-state index is -0.0473. The van der Waals surface area contributed by atoms with E-state index in [-0.39, 0.29) is 5.91 Å². The van der Waals surface area contributed by atoms with Gasteiger partial charge >= 0.3 is 0 Å². The van der Waals surface area contributed by atoms with E-state index in [0.29, 0.717) is 6.42 Å². The number of carbonyl (C=O) groups excluding carboxylic acids is 1. The van der Waals surface area contributed by atoms with Crippen LogP contribution in [-0.2, 0) is 17.0 Å². The van der Waals surface area contributed by atoms with E-state index in [4.69, 9.17) is 0 Å². The molecule has 0 spiro atoms. The average Bonchev–Trinajstić information content (AvgIpc) is 2.74. The number of fused-ring (bicyclic) bond motifs is 1. The third-order valence-electron chi connectivity index (χ3n) is 4.33. The number of para-hydroxylation sites is 1. The zero-order valence-corrected chi connectivity index (χ0v) is 16.0. The normalized spacial score (nSPS) is 10.7. The van der Waals surface area contributed by atoms with Crippen LogP contribution in [0.2, 0.25) is 0 Å². The minimum absolute atomic E-state index is 0.0473. The summed E-state index contributed by atoms with van der Waals surface area (Å²) in [4.78, 5) is 22.2. The molecule has 0 aliphatic heterocycles. The number of anilines is 1. The fraction of sp³-hybridized carbons (Fsp3) is 0.0870. The zero-order valence-electron chi connectivity index (χ0n) is 15.2. The highest BCUT2D eigenvalue weighted by Gasteiger charge is 2.08. The van der Waals surface area contributed by atoms with Gasteiger partial charge in [0.15, 0.2) is 0 Å². The molecule has 2 aromatic heterocycles. The third-order valence-corrected chi connectivity index (χ3v) is 5.42. The maximum absolute atomic E-state index is 12.5. The van der Waals surface area contributed by atoms with Crippen molar-refractivity contribution >= 4 is 34.3 Å². The number of rotatable bonds is 6. The lowest BCUT2D eigenvalue weighted by atomic mass is 10.1. The molecule has 1 amide bonds. The van der Waals surface area contributed by atoms with Crippen LogP contribution in [-0.4, -0.2) is 15.9 Å². The molecule has 0 saturated carbocycles. The monoisotopic (exact) mass is 385 g/mol. The molecule has 5 heteroatoms. The van der Waals surface area contributed by atoms with Gasteiger partial charge in [-0.15, -0.1) is 11.8 Å². The van der Waals surface area contributed by atoms with E-state index in [2.05, 4.69) is 21.4 Å². The Balaban J connectivity index is 1.36. The molecule has 0 radical (unpaired) electrons. The van der Waals surface area contributed by atoms with Gasteiger partial charge in [0.2, 0.25) is 5.91 Å². The van der Waals surface area contributed by atoms with Gasteiger partial charge in [0.05, 0.1) is 11.9 Å². The quantitative estimate of drug-likeness (QED) is 0.469. The van der Waals surface area contributed by atoms with E-state index < -0.39 is 0 Å². The number of nitrogens with zero attached hydrogens (tertiary/aromatic N) is 2. The van der Waals surface area contributed by atoms with Crippen molar-refractivity contribution in [1.82, 2.24) is 9.97 Å². The standard InChI is InChI=1S/C23H19N3OS/c27-22(14-19-6-1-5-18-7-3-13-25-23(18)19)26-20-8-10-21(11-9-20)28-16-17-4-2-12-24-15-17/h1-13,15H,14,16H2,(H,26,27). The molecule has 0 aliphatic carbocycles. The second-order valence-electron chi connectivity index (χ2n) is 6.39. The van der Waals surface area contributed by atoms with Crippen molar-refractivity contribution in [2.45, 2.75) is 17.1 Å². The van der Waals surface area contributed by atoms with Crippen molar-refractivity contribution in [2.75, 3.05) is 5.32 Å². The Morgan fingerprint density at radius 2 is 1.75 bits per heavy atom. The van der Waals surface area contributed by atoms with E-state index in [1.165, 1.54) is 5.56 Å². The summed E-state index contributed by atoms with van der Waals surface area (Å²) < 4.78 is 0. The largest absolute Gasteiger partial charge is 0.326 e. The summed E-state index contributed by atoms with van der Waals surface area (Å²) in [6.07, 6.45) is 5.71. The molecular formula is C23H19N3OS. The number of aromatic nitrogens is 2. The predicted molar refractivity (Wildman–Crippen MR) is 114 cm³/mol. The van der Waals surface area contributed by atoms with Gasteiger partial charge in [-0.05, 0) is 47.5 Å². The summed E-state index contributed by atoms with van der Waals surface area (Å²) in [5, 5.41) is 4.01. The first-order chi connectivity index (χ1) is 13.8. The van der Waals surface area contributed by atoms with E-state index in [1.807, 2.05) is 66.9 Å². The van der Waals surface area contributed by atoms with Gasteiger partial charge in [0, 0.05) is 40.3 Å². The Morgan fingerprint density at radius 1 is 0.929 bits per heavy atom. The molecule has 4 rings (SSSR count). The van der Waals surface area contributed by atoms with Gasteiger partial charge in [0.1, 0.15) is 0 Å². The molecule has 0 fully saturated rings. The van der Waals surface area contributed by atoms with Crippen LogP contribution in [0, 0.1) is 0 Å². The molecule has 0 bridgehead atoms. The van der Waals surface area contributed by atoms with Gasteiger partial charge in [-0.3, -0.25) is 14.8 Å². The number of amides is 1. The molecule has 0 saturated heterocycles. The molecule has 4 nitrogen and oxygen atoms in total. The van der Waals surface area contributed by atoms with Gasteiger partial charge < -0.3 is 5.32 Å². The lowest BCUT2D eigenvalue weighted by molar-refractivity contribution is -0.115. The van der Waals surface area contributed by atoms with Gasteiger partial charge in [-0.1, -0.05) is 30.3 Å². The number of hydrogen-bond donors (Lipinski definition) is 1. The highest BCUT2D eigenvalue weighted by Crippen LogP contribution is 2.24. The molecule has 28 heavy (non-hydrogen) atoms. The first-order valence-electron chi connectivity index (χ1n) is 9.02. The van der Waals surface area contributed by atoms with Gasteiger partial charge in [-0.2, -0.15) is 0 Å². The van der Waals surface area contributed by atoms with E-state index in [0.717, 1.165) is 32.8 Å². The predicted octanol–water partition coefficient (Wildman–Crippen LogP) is 5.10. The SMILES string of the molecule is O=C(Cc1cccc2cccnc12)Nc1ccc(SCc2cccnc2)cc1. The Bertz CT molecular complexity index is 1080. The van der Waals surface area contributed by atoms with Crippen molar-refractivity contribution in [3.8, 4) is 0 Å². The van der Waals surface area contributed by atoms with Gasteiger partial charge in [0.25, 0.3) is 0 Å². The van der Waals surface area contributed by atoms with E-state index >= 15 is 0 Å². The Morgan fingerprint density at radius 3 is 2.57 bits per heavy atom. The molecule has 4 aromatic rings. The first-order valence-corrected chi connectivity index (χ1v) is 10.0. The molecule has 2 heterocycles. The summed E-state index contributed by atoms with van der Waals surface area (Å²) in [5.41, 5.74) is 3.79. The van der Waals surface area contributed by atoms with Crippen LogP contribution in [0.3, 0.4) is 0 Å². The maximum Gasteiger partial charge on any atom is 0.228 e. The van der Waals surface area contributed by atoms with Crippen LogP contribution in [0.1, 0.15) is 11.1 Å². The highest BCUT2D eigenvalue weighted by molar-refractivity contribution is 7.98. The van der Waals surface area contributed by atoms with Crippen LogP contribution < -0.4 is 5.32 Å². The van der Waals surface area contributed by atoms with Crippen LogP contribution in [0.4, 0.5) is 5.69 Å². The van der Waals surface area contributed by atoms with Crippen molar-refractivity contribution in [2.24, 2.45) is 0 Å². The Kier molecular flexibility index (Phi) is 5.64. The van der Waals surface area contributed by atoms with E-state index in [9.17, 15) is 4.79 Å². The Labute approximate surface area is 168 Å². The van der Waals surface area contributed by atoms with Crippen LogP contribution in [0.5, 0.6) is 0 Å². The number of hydrogen-bond acceptors (Lipinski definition) is 4. The zero-order chi connectivity index (χ0) is 19.2. The van der Waals surface area contributed by atoms with Crippen LogP contribution in [0.15, 0.2) is 90.2 Å². The van der Waals surface area contributed by atoms with Crippen LogP contribution in [0.25, 0.3) is 10.9 Å². The van der Waals surface area contributed by atoms with E-state index in [1.54, 1.807) is 24.2 Å². The molecule has 138 valence electrons. The number of benzene rings is 2. The van der Waals surface area contributed by atoms with Crippen molar-refractivity contribution in [3.05, 3.63) is 96.4 Å². The summed E-state index contributed by atoms with van der Waals surface area (Å²) in [5.74, 6) is 0.821. The fourth-order valence-corrected chi connectivity index (χ4v) is 3.81.